The number of hydrogen-bond acceptors (Lipinski definition) is 4. The summed E-state index contributed by atoms with van der Waals surface area (Å²) in [6, 6.07) is 15.3. The molecule has 0 aliphatic carbocycles. The van der Waals surface area contributed by atoms with E-state index in [9.17, 15) is 9.59 Å². The maximum atomic E-state index is 12.8. The molecule has 0 saturated carbocycles. The highest BCUT2D eigenvalue weighted by Crippen LogP contribution is 2.24. The number of aromatic nitrogens is 4. The summed E-state index contributed by atoms with van der Waals surface area (Å²) in [6.45, 7) is 4.92. The van der Waals surface area contributed by atoms with Gasteiger partial charge in [0.25, 0.3) is 5.56 Å². The number of unbranched alkanes of at least 4 members (excludes halogenated alkanes) is 2. The zero-order valence-electron chi connectivity index (χ0n) is 20.2. The quantitative estimate of drug-likeness (QED) is 0.347. The van der Waals surface area contributed by atoms with Crippen molar-refractivity contribution < 1.29 is 4.79 Å². The highest BCUT2D eigenvalue weighted by Gasteiger charge is 2.21. The van der Waals surface area contributed by atoms with Crippen LogP contribution < -0.4 is 10.9 Å². The molecule has 4 rings (SSSR count). The first-order valence-corrected chi connectivity index (χ1v) is 12.1. The number of aryl methyl sites for hydroxylation is 2. The number of nitrogens with one attached hydrogen (secondary N) is 1. The van der Waals surface area contributed by atoms with Crippen molar-refractivity contribution >= 4 is 27.8 Å². The van der Waals surface area contributed by atoms with Crippen LogP contribution in [-0.4, -0.2) is 25.0 Å². The molecular weight excluding hydrogens is 426 g/mol. The van der Waals surface area contributed by atoms with Crippen molar-refractivity contribution in [1.82, 2.24) is 24.4 Å². The minimum absolute atomic E-state index is 0.0117. The largest absolute Gasteiger partial charge is 0.346 e. The molecule has 2 aromatic carbocycles. The lowest BCUT2D eigenvalue weighted by Crippen LogP contribution is -2.31. The average molecular weight is 460 g/mol. The summed E-state index contributed by atoms with van der Waals surface area (Å²) in [5, 5.41) is 3.86. The third-order valence-corrected chi connectivity index (χ3v) is 6.21. The molecule has 0 aliphatic heterocycles. The van der Waals surface area contributed by atoms with Crippen LogP contribution in [0.5, 0.6) is 0 Å². The third kappa shape index (κ3) is 5.35. The van der Waals surface area contributed by atoms with Crippen LogP contribution in [0.2, 0.25) is 0 Å². The smallest absolute Gasteiger partial charge is 0.261 e. The van der Waals surface area contributed by atoms with Crippen molar-refractivity contribution in [3.8, 4) is 0 Å². The fourth-order valence-electron chi connectivity index (χ4n) is 4.45. The number of amides is 1. The first-order valence-electron chi connectivity index (χ1n) is 12.1. The molecule has 0 unspecified atom stereocenters. The molecule has 7 nitrogen and oxygen atoms in total. The minimum atomic E-state index is -0.118. The zero-order chi connectivity index (χ0) is 24.1. The van der Waals surface area contributed by atoms with E-state index in [2.05, 4.69) is 34.8 Å². The van der Waals surface area contributed by atoms with Crippen LogP contribution in [0.1, 0.15) is 57.8 Å². The fourth-order valence-corrected chi connectivity index (χ4v) is 4.45. The van der Waals surface area contributed by atoms with Crippen LogP contribution in [0, 0.1) is 5.92 Å². The van der Waals surface area contributed by atoms with Crippen molar-refractivity contribution in [2.45, 2.75) is 58.5 Å². The Bertz CT molecular complexity index is 1340. The molecule has 0 spiro atoms. The van der Waals surface area contributed by atoms with Crippen LogP contribution in [-0.2, 0) is 18.4 Å². The number of rotatable bonds is 10. The molecule has 34 heavy (non-hydrogen) atoms. The number of nitrogens with zero attached hydrogens (tertiary/aromatic N) is 4. The molecule has 0 bridgehead atoms. The van der Waals surface area contributed by atoms with E-state index in [0.717, 1.165) is 48.1 Å². The Morgan fingerprint density at radius 3 is 2.50 bits per heavy atom. The van der Waals surface area contributed by atoms with E-state index >= 15 is 0 Å². The number of benzene rings is 2. The molecular formula is C27H33N5O2. The van der Waals surface area contributed by atoms with Gasteiger partial charge in [-0.2, -0.15) is 0 Å². The number of carbonyl (C=O) groups excluding carboxylic acids is 1. The molecule has 7 heteroatoms. The van der Waals surface area contributed by atoms with Crippen molar-refractivity contribution in [2.75, 3.05) is 0 Å². The zero-order valence-corrected chi connectivity index (χ0v) is 20.2. The number of para-hydroxylation sites is 3. The molecule has 2 aromatic heterocycles. The van der Waals surface area contributed by atoms with Gasteiger partial charge in [0.15, 0.2) is 0 Å². The molecule has 0 aliphatic rings. The van der Waals surface area contributed by atoms with Crippen LogP contribution >= 0.6 is 0 Å². The lowest BCUT2D eigenvalue weighted by Gasteiger charge is -2.20. The summed E-state index contributed by atoms with van der Waals surface area (Å²) >= 11 is 0. The van der Waals surface area contributed by atoms with Crippen molar-refractivity contribution in [2.24, 2.45) is 13.0 Å². The van der Waals surface area contributed by atoms with E-state index < -0.39 is 0 Å². The summed E-state index contributed by atoms with van der Waals surface area (Å²) in [6.07, 6.45) is 5.38. The Labute approximate surface area is 199 Å². The van der Waals surface area contributed by atoms with E-state index in [4.69, 9.17) is 4.98 Å². The van der Waals surface area contributed by atoms with Crippen LogP contribution in [0.4, 0.5) is 0 Å². The third-order valence-electron chi connectivity index (χ3n) is 6.21. The predicted molar refractivity (Wildman–Crippen MR) is 136 cm³/mol. The Kier molecular flexibility index (Phi) is 7.40. The van der Waals surface area contributed by atoms with Gasteiger partial charge in [-0.05, 0) is 49.4 Å². The Morgan fingerprint density at radius 2 is 1.74 bits per heavy atom. The lowest BCUT2D eigenvalue weighted by atomic mass is 10.0. The molecule has 178 valence electrons. The van der Waals surface area contributed by atoms with Gasteiger partial charge in [-0.15, -0.1) is 0 Å². The second-order valence-electron chi connectivity index (χ2n) is 9.34. The summed E-state index contributed by atoms with van der Waals surface area (Å²) in [5.41, 5.74) is 2.72. The van der Waals surface area contributed by atoms with Crippen LogP contribution in [0.3, 0.4) is 0 Å². The molecule has 1 N–H and O–H groups in total. The van der Waals surface area contributed by atoms with Gasteiger partial charge in [0.2, 0.25) is 5.91 Å². The number of imidazole rings is 1. The van der Waals surface area contributed by atoms with Crippen molar-refractivity contribution in [1.29, 1.82) is 0 Å². The maximum Gasteiger partial charge on any atom is 0.261 e. The van der Waals surface area contributed by atoms with Crippen LogP contribution in [0.15, 0.2) is 59.7 Å². The Morgan fingerprint density at radius 1 is 1.00 bits per heavy atom. The monoisotopic (exact) mass is 459 g/mol. The van der Waals surface area contributed by atoms with Gasteiger partial charge in [-0.1, -0.05) is 44.5 Å². The van der Waals surface area contributed by atoms with E-state index in [-0.39, 0.29) is 17.5 Å². The van der Waals surface area contributed by atoms with Crippen molar-refractivity contribution in [3.05, 3.63) is 71.0 Å². The van der Waals surface area contributed by atoms with Crippen LogP contribution in [0.25, 0.3) is 21.9 Å². The minimum Gasteiger partial charge on any atom is -0.346 e. The fraction of sp³-hybridized carbons (Fsp3) is 0.407. The van der Waals surface area contributed by atoms with E-state index in [1.54, 1.807) is 10.9 Å². The van der Waals surface area contributed by atoms with Crippen molar-refractivity contribution in [3.63, 3.8) is 0 Å². The second-order valence-corrected chi connectivity index (χ2v) is 9.34. The summed E-state index contributed by atoms with van der Waals surface area (Å²) < 4.78 is 3.74. The van der Waals surface area contributed by atoms with E-state index in [0.29, 0.717) is 24.3 Å². The summed E-state index contributed by atoms with van der Waals surface area (Å²) in [5.74, 6) is 1.37. The molecule has 1 amide bonds. The standard InChI is InChI=1S/C27H33N5O2/c1-19(2)17-23(26-30-22-13-8-9-14-24(22)31(26)3)29-25(33)15-5-4-10-16-32-18-28-21-12-7-6-11-20(21)27(32)34/h6-9,11-14,18-19,23H,4-5,10,15-17H2,1-3H3,(H,29,33)/t23-/m1/s1. The molecule has 4 aromatic rings. The highest BCUT2D eigenvalue weighted by atomic mass is 16.1. The first-order chi connectivity index (χ1) is 16.4. The van der Waals surface area contributed by atoms with Gasteiger partial charge in [-0.25, -0.2) is 9.97 Å². The topological polar surface area (TPSA) is 81.8 Å². The number of hydrogen-bond donors (Lipinski definition) is 1. The normalized spacial score (nSPS) is 12.5. The van der Waals surface area contributed by atoms with E-state index in [1.165, 1.54) is 0 Å². The number of carbonyl (C=O) groups is 1. The summed E-state index contributed by atoms with van der Waals surface area (Å²) in [7, 11) is 2.01. The average Bonchev–Trinajstić information content (AvgIpc) is 3.16. The molecule has 0 radical (unpaired) electrons. The highest BCUT2D eigenvalue weighted by molar-refractivity contribution is 5.78. The molecule has 2 heterocycles. The predicted octanol–water partition coefficient (Wildman–Crippen LogP) is 4.75. The van der Waals surface area contributed by atoms with Gasteiger partial charge < -0.3 is 9.88 Å². The van der Waals surface area contributed by atoms with Gasteiger partial charge >= 0.3 is 0 Å². The Hall–Kier alpha value is -3.48. The first kappa shape index (κ1) is 23.7. The van der Waals surface area contributed by atoms with Gasteiger partial charge in [0.05, 0.1) is 34.3 Å². The molecule has 0 saturated heterocycles. The van der Waals surface area contributed by atoms with Gasteiger partial charge in [-0.3, -0.25) is 14.2 Å². The number of fused-ring (bicyclic) bond motifs is 2. The van der Waals surface area contributed by atoms with Gasteiger partial charge in [0, 0.05) is 20.0 Å². The summed E-state index contributed by atoms with van der Waals surface area (Å²) in [4.78, 5) is 34.5. The molecule has 0 fully saturated rings. The maximum absolute atomic E-state index is 12.8. The second kappa shape index (κ2) is 10.6. The van der Waals surface area contributed by atoms with E-state index in [1.807, 2.05) is 49.5 Å². The molecule has 1 atom stereocenters. The SMILES string of the molecule is CC(C)C[C@@H](NC(=O)CCCCCn1cnc2ccccc2c1=O)c1nc2ccccc2n1C. The van der Waals surface area contributed by atoms with Gasteiger partial charge in [0.1, 0.15) is 5.82 Å². The Balaban J connectivity index is 1.31. The lowest BCUT2D eigenvalue weighted by molar-refractivity contribution is -0.122.